The minimum absolute atomic E-state index is 0.406. The quantitative estimate of drug-likeness (QED) is 0.886. The Balaban J connectivity index is 1.95. The van der Waals surface area contributed by atoms with Crippen LogP contribution in [-0.2, 0) is 6.54 Å². The van der Waals surface area contributed by atoms with Crippen molar-refractivity contribution in [2.75, 3.05) is 0 Å². The summed E-state index contributed by atoms with van der Waals surface area (Å²) in [6.07, 6.45) is 8.23. The summed E-state index contributed by atoms with van der Waals surface area (Å²) < 4.78 is 2.00. The maximum atomic E-state index is 4.36. The Morgan fingerprint density at radius 3 is 2.89 bits per heavy atom. The van der Waals surface area contributed by atoms with E-state index in [4.69, 9.17) is 0 Å². The van der Waals surface area contributed by atoms with Gasteiger partial charge in [0.15, 0.2) is 0 Å². The molecule has 3 heteroatoms. The van der Waals surface area contributed by atoms with Crippen molar-refractivity contribution in [1.29, 1.82) is 0 Å². The Bertz CT molecular complexity index is 372. The van der Waals surface area contributed by atoms with E-state index in [1.807, 2.05) is 10.9 Å². The highest BCUT2D eigenvalue weighted by atomic mass is 15.3. The summed E-state index contributed by atoms with van der Waals surface area (Å²) in [5, 5.41) is 8.16. The van der Waals surface area contributed by atoms with Crippen LogP contribution in [0.5, 0.6) is 0 Å². The molecule has 1 heterocycles. The Morgan fingerprint density at radius 2 is 2.22 bits per heavy atom. The fourth-order valence-electron chi connectivity index (χ4n) is 3.01. The highest BCUT2D eigenvalue weighted by Gasteiger charge is 2.28. The van der Waals surface area contributed by atoms with Gasteiger partial charge in [-0.05, 0) is 32.1 Å². The van der Waals surface area contributed by atoms with Gasteiger partial charge in [0.2, 0.25) is 0 Å². The molecule has 1 aliphatic carbocycles. The maximum Gasteiger partial charge on any atom is 0.0537 e. The van der Waals surface area contributed by atoms with Gasteiger partial charge in [-0.15, -0.1) is 0 Å². The summed E-state index contributed by atoms with van der Waals surface area (Å²) in [5.74, 6) is 1.63. The second-order valence-electron chi connectivity index (χ2n) is 5.89. The summed E-state index contributed by atoms with van der Waals surface area (Å²) in [4.78, 5) is 0. The molecule has 18 heavy (non-hydrogen) atoms. The SMILES string of the molecule is CCn1cc(C(C)NC2CCCC(C)C2C)cn1. The van der Waals surface area contributed by atoms with Crippen LogP contribution in [-0.4, -0.2) is 15.8 Å². The van der Waals surface area contributed by atoms with Crippen LogP contribution in [0.25, 0.3) is 0 Å². The lowest BCUT2D eigenvalue weighted by Crippen LogP contribution is -2.41. The Labute approximate surface area is 111 Å². The molecule has 1 fully saturated rings. The molecule has 1 aromatic heterocycles. The predicted octanol–water partition coefficient (Wildman–Crippen LogP) is 3.38. The third-order valence-electron chi connectivity index (χ3n) is 4.65. The third kappa shape index (κ3) is 2.94. The van der Waals surface area contributed by atoms with Crippen LogP contribution >= 0.6 is 0 Å². The minimum Gasteiger partial charge on any atom is -0.307 e. The van der Waals surface area contributed by atoms with Crippen LogP contribution in [0.2, 0.25) is 0 Å². The van der Waals surface area contributed by atoms with E-state index in [9.17, 15) is 0 Å². The summed E-state index contributed by atoms with van der Waals surface area (Å²) in [7, 11) is 0. The molecule has 1 saturated carbocycles. The monoisotopic (exact) mass is 249 g/mol. The van der Waals surface area contributed by atoms with Gasteiger partial charge in [0.25, 0.3) is 0 Å². The Hall–Kier alpha value is -0.830. The largest absolute Gasteiger partial charge is 0.307 e. The number of aromatic nitrogens is 2. The molecule has 1 aliphatic rings. The molecule has 3 nitrogen and oxygen atoms in total. The van der Waals surface area contributed by atoms with Crippen molar-refractivity contribution < 1.29 is 0 Å². The van der Waals surface area contributed by atoms with E-state index in [-0.39, 0.29) is 0 Å². The first-order chi connectivity index (χ1) is 8.61. The van der Waals surface area contributed by atoms with Crippen molar-refractivity contribution in [2.24, 2.45) is 11.8 Å². The number of nitrogens with one attached hydrogen (secondary N) is 1. The summed E-state index contributed by atoms with van der Waals surface area (Å²) in [5.41, 5.74) is 1.31. The van der Waals surface area contributed by atoms with Gasteiger partial charge in [0.05, 0.1) is 6.20 Å². The topological polar surface area (TPSA) is 29.9 Å². The van der Waals surface area contributed by atoms with E-state index in [0.717, 1.165) is 18.4 Å². The number of hydrogen-bond acceptors (Lipinski definition) is 2. The van der Waals surface area contributed by atoms with Crippen LogP contribution in [0.15, 0.2) is 12.4 Å². The van der Waals surface area contributed by atoms with Gasteiger partial charge in [-0.25, -0.2) is 0 Å². The van der Waals surface area contributed by atoms with Gasteiger partial charge in [0, 0.05) is 30.4 Å². The number of aryl methyl sites for hydroxylation is 1. The molecular formula is C15H27N3. The smallest absolute Gasteiger partial charge is 0.0537 e. The van der Waals surface area contributed by atoms with Crippen molar-refractivity contribution in [1.82, 2.24) is 15.1 Å². The van der Waals surface area contributed by atoms with Crippen LogP contribution < -0.4 is 5.32 Å². The lowest BCUT2D eigenvalue weighted by molar-refractivity contribution is 0.196. The molecule has 2 rings (SSSR count). The number of hydrogen-bond donors (Lipinski definition) is 1. The molecule has 0 radical (unpaired) electrons. The normalized spacial score (nSPS) is 30.3. The molecular weight excluding hydrogens is 222 g/mol. The van der Waals surface area contributed by atoms with Crippen molar-refractivity contribution in [3.8, 4) is 0 Å². The Morgan fingerprint density at radius 1 is 1.44 bits per heavy atom. The van der Waals surface area contributed by atoms with Crippen LogP contribution in [0.1, 0.15) is 58.6 Å². The highest BCUT2D eigenvalue weighted by molar-refractivity contribution is 5.09. The van der Waals surface area contributed by atoms with E-state index in [0.29, 0.717) is 12.1 Å². The molecule has 0 spiro atoms. The van der Waals surface area contributed by atoms with E-state index >= 15 is 0 Å². The molecule has 1 N–H and O–H groups in total. The zero-order valence-electron chi connectivity index (χ0n) is 12.2. The lowest BCUT2D eigenvalue weighted by atomic mass is 9.78. The zero-order valence-corrected chi connectivity index (χ0v) is 12.2. The van der Waals surface area contributed by atoms with Gasteiger partial charge in [-0.3, -0.25) is 4.68 Å². The molecule has 102 valence electrons. The van der Waals surface area contributed by atoms with Gasteiger partial charge >= 0.3 is 0 Å². The van der Waals surface area contributed by atoms with Gasteiger partial charge in [-0.2, -0.15) is 5.10 Å². The molecule has 4 atom stereocenters. The molecule has 0 aliphatic heterocycles. The molecule has 0 bridgehead atoms. The molecule has 4 unspecified atom stereocenters. The minimum atomic E-state index is 0.406. The third-order valence-corrected chi connectivity index (χ3v) is 4.65. The lowest BCUT2D eigenvalue weighted by Gasteiger charge is -2.36. The van der Waals surface area contributed by atoms with Crippen molar-refractivity contribution in [3.05, 3.63) is 18.0 Å². The van der Waals surface area contributed by atoms with E-state index in [1.165, 1.54) is 24.8 Å². The average Bonchev–Trinajstić information content (AvgIpc) is 2.83. The van der Waals surface area contributed by atoms with Crippen molar-refractivity contribution in [3.63, 3.8) is 0 Å². The van der Waals surface area contributed by atoms with E-state index < -0.39 is 0 Å². The van der Waals surface area contributed by atoms with E-state index in [1.54, 1.807) is 0 Å². The second kappa shape index (κ2) is 5.87. The summed E-state index contributed by atoms with van der Waals surface area (Å²) in [6, 6.07) is 1.07. The first-order valence-electron chi connectivity index (χ1n) is 7.40. The fraction of sp³-hybridized carbons (Fsp3) is 0.800. The average molecular weight is 249 g/mol. The van der Waals surface area contributed by atoms with Gasteiger partial charge in [-0.1, -0.05) is 26.7 Å². The van der Waals surface area contributed by atoms with Crippen LogP contribution in [0, 0.1) is 11.8 Å². The standard InChI is InChI=1S/C15H27N3/c1-5-18-10-14(9-16-18)13(4)17-15-8-6-7-11(2)12(15)3/h9-13,15,17H,5-8H2,1-4H3. The maximum absolute atomic E-state index is 4.36. The van der Waals surface area contributed by atoms with Crippen molar-refractivity contribution in [2.45, 2.75) is 65.6 Å². The zero-order chi connectivity index (χ0) is 13.1. The van der Waals surface area contributed by atoms with Crippen LogP contribution in [0.4, 0.5) is 0 Å². The van der Waals surface area contributed by atoms with Crippen molar-refractivity contribution >= 4 is 0 Å². The first-order valence-corrected chi connectivity index (χ1v) is 7.40. The Kier molecular flexibility index (Phi) is 4.44. The van der Waals surface area contributed by atoms with Gasteiger partial charge in [0.1, 0.15) is 0 Å². The van der Waals surface area contributed by atoms with Gasteiger partial charge < -0.3 is 5.32 Å². The molecule has 0 amide bonds. The fourth-order valence-corrected chi connectivity index (χ4v) is 3.01. The first kappa shape index (κ1) is 13.6. The number of rotatable bonds is 4. The number of nitrogens with zero attached hydrogens (tertiary/aromatic N) is 2. The second-order valence-corrected chi connectivity index (χ2v) is 5.89. The predicted molar refractivity (Wildman–Crippen MR) is 75.4 cm³/mol. The van der Waals surface area contributed by atoms with E-state index in [2.05, 4.69) is 44.3 Å². The summed E-state index contributed by atoms with van der Waals surface area (Å²) >= 11 is 0. The van der Waals surface area contributed by atoms with Crippen LogP contribution in [0.3, 0.4) is 0 Å². The highest BCUT2D eigenvalue weighted by Crippen LogP contribution is 2.30. The molecule has 0 saturated heterocycles. The molecule has 1 aromatic rings. The molecule has 0 aromatic carbocycles. The summed E-state index contributed by atoms with van der Waals surface area (Å²) in [6.45, 7) is 10.1.